The van der Waals surface area contributed by atoms with Gasteiger partial charge in [0.25, 0.3) is 0 Å². The lowest BCUT2D eigenvalue weighted by molar-refractivity contribution is -0.145. The zero-order valence-corrected chi connectivity index (χ0v) is 14.2. The molecule has 0 amide bonds. The molecule has 27 heavy (non-hydrogen) atoms. The Morgan fingerprint density at radius 2 is 1.78 bits per heavy atom. The van der Waals surface area contributed by atoms with Crippen LogP contribution < -0.4 is 4.90 Å². The Labute approximate surface area is 150 Å². The monoisotopic (exact) mass is 390 g/mol. The quantitative estimate of drug-likeness (QED) is 0.704. The minimum atomic E-state index is -4.96. The summed E-state index contributed by atoms with van der Waals surface area (Å²) in [6.07, 6.45) is -4.30. The second-order valence-corrected chi connectivity index (χ2v) is 7.07. The lowest BCUT2D eigenvalue weighted by atomic mass is 9.97. The first-order chi connectivity index (χ1) is 12.6. The lowest BCUT2D eigenvalue weighted by Crippen LogP contribution is -2.37. The maximum Gasteiger partial charge on any atom is 0.433 e. The van der Waals surface area contributed by atoms with Crippen LogP contribution in [0.2, 0.25) is 0 Å². The number of fused-ring (bicyclic) bond motifs is 2. The Balaban J connectivity index is 1.85. The summed E-state index contributed by atoms with van der Waals surface area (Å²) >= 11 is 0. The molecule has 2 fully saturated rings. The Morgan fingerprint density at radius 1 is 1.04 bits per heavy atom. The highest BCUT2D eigenvalue weighted by Crippen LogP contribution is 2.52. The maximum absolute atomic E-state index is 13.2. The zero-order chi connectivity index (χ0) is 19.6. The van der Waals surface area contributed by atoms with Gasteiger partial charge in [0, 0.05) is 25.5 Å². The number of halogens is 6. The van der Waals surface area contributed by atoms with Gasteiger partial charge in [-0.2, -0.15) is 26.3 Å². The fraction of sp³-hybridized carbons (Fsp3) is 0.529. The Morgan fingerprint density at radius 3 is 2.37 bits per heavy atom. The molecule has 2 aromatic rings. The highest BCUT2D eigenvalue weighted by Gasteiger charge is 2.49. The summed E-state index contributed by atoms with van der Waals surface area (Å²) in [4.78, 5) is 9.45. The number of pyridine rings is 1. The van der Waals surface area contributed by atoms with Crippen LogP contribution in [-0.4, -0.2) is 20.6 Å². The first-order valence-corrected chi connectivity index (χ1v) is 8.47. The van der Waals surface area contributed by atoms with Crippen molar-refractivity contribution in [3.8, 4) is 0 Å². The fourth-order valence-corrected chi connectivity index (χ4v) is 4.27. The standard InChI is InChI=1S/C17H16F6N4/c1-26-5-4-24-15(26)14-9-2-3-11(6-9)27(14)13-8-10(16(18,19)20)7-12(25-13)17(21,22)23/h4-5,7-9,11,14H,2-3,6H2,1H3/t9-,11+,14-/m0/s1. The second-order valence-electron chi connectivity index (χ2n) is 7.07. The van der Waals surface area contributed by atoms with Gasteiger partial charge in [0.2, 0.25) is 0 Å². The fourth-order valence-electron chi connectivity index (χ4n) is 4.27. The summed E-state index contributed by atoms with van der Waals surface area (Å²) in [6.45, 7) is 0. The molecule has 0 N–H and O–H groups in total. The van der Waals surface area contributed by atoms with Gasteiger partial charge in [0.05, 0.1) is 11.6 Å². The molecule has 4 nitrogen and oxygen atoms in total. The molecule has 2 aromatic heterocycles. The average Bonchev–Trinajstić information content (AvgIpc) is 3.27. The Hall–Kier alpha value is -2.26. The third-order valence-electron chi connectivity index (χ3n) is 5.40. The number of rotatable bonds is 2. The molecular formula is C17H16F6N4. The molecule has 1 saturated carbocycles. The van der Waals surface area contributed by atoms with E-state index in [-0.39, 0.29) is 29.9 Å². The van der Waals surface area contributed by atoms with E-state index >= 15 is 0 Å². The van der Waals surface area contributed by atoms with Crippen LogP contribution in [0.1, 0.15) is 42.4 Å². The van der Waals surface area contributed by atoms with E-state index in [0.717, 1.165) is 6.42 Å². The molecule has 0 radical (unpaired) electrons. The molecule has 2 aliphatic rings. The van der Waals surface area contributed by atoms with Gasteiger partial charge in [0.1, 0.15) is 17.3 Å². The SMILES string of the molecule is Cn1ccnc1[C@@H]1[C@H]2CC[C@H](C2)N1c1cc(C(F)(F)F)cc(C(F)(F)F)n1. The summed E-state index contributed by atoms with van der Waals surface area (Å²) in [5.74, 6) is 0.453. The van der Waals surface area contributed by atoms with Gasteiger partial charge in [-0.15, -0.1) is 0 Å². The summed E-state index contributed by atoms with van der Waals surface area (Å²) in [5, 5.41) is 0. The molecule has 4 rings (SSSR count). The van der Waals surface area contributed by atoms with Crippen molar-refractivity contribution in [3.05, 3.63) is 41.6 Å². The molecular weight excluding hydrogens is 374 g/mol. The number of aryl methyl sites for hydroxylation is 1. The lowest BCUT2D eigenvalue weighted by Gasteiger charge is -2.36. The zero-order valence-electron chi connectivity index (χ0n) is 14.2. The van der Waals surface area contributed by atoms with Crippen molar-refractivity contribution in [2.24, 2.45) is 13.0 Å². The smallest absolute Gasteiger partial charge is 0.343 e. The van der Waals surface area contributed by atoms with E-state index in [4.69, 9.17) is 0 Å². The van der Waals surface area contributed by atoms with Crippen molar-refractivity contribution in [2.45, 2.75) is 43.7 Å². The van der Waals surface area contributed by atoms with Gasteiger partial charge < -0.3 is 9.47 Å². The normalized spacial score (nSPS) is 25.4. The number of nitrogens with zero attached hydrogens (tertiary/aromatic N) is 4. The molecule has 1 aliphatic carbocycles. The van der Waals surface area contributed by atoms with Crippen molar-refractivity contribution in [1.29, 1.82) is 0 Å². The predicted octanol–water partition coefficient (Wildman–Crippen LogP) is 4.58. The Bertz CT molecular complexity index is 824. The van der Waals surface area contributed by atoms with E-state index in [2.05, 4.69) is 9.97 Å². The van der Waals surface area contributed by atoms with Crippen molar-refractivity contribution in [2.75, 3.05) is 4.90 Å². The summed E-state index contributed by atoms with van der Waals surface area (Å²) in [6, 6.07) is 0.244. The molecule has 3 heterocycles. The topological polar surface area (TPSA) is 34.0 Å². The molecule has 3 atom stereocenters. The van der Waals surface area contributed by atoms with E-state index in [0.29, 0.717) is 24.7 Å². The van der Waals surface area contributed by atoms with Crippen LogP contribution in [0, 0.1) is 5.92 Å². The predicted molar refractivity (Wildman–Crippen MR) is 83.8 cm³/mol. The number of piperidine rings is 1. The minimum Gasteiger partial charge on any atom is -0.343 e. The van der Waals surface area contributed by atoms with E-state index in [1.807, 2.05) is 0 Å². The van der Waals surface area contributed by atoms with Crippen LogP contribution in [0.3, 0.4) is 0 Å². The number of imidazole rings is 1. The maximum atomic E-state index is 13.2. The van der Waals surface area contributed by atoms with Gasteiger partial charge in [-0.3, -0.25) is 0 Å². The number of hydrogen-bond acceptors (Lipinski definition) is 3. The number of aromatic nitrogens is 3. The first-order valence-electron chi connectivity index (χ1n) is 8.47. The second kappa shape index (κ2) is 5.87. The van der Waals surface area contributed by atoms with Crippen molar-refractivity contribution in [3.63, 3.8) is 0 Å². The van der Waals surface area contributed by atoms with Crippen LogP contribution in [0.25, 0.3) is 0 Å². The van der Waals surface area contributed by atoms with E-state index in [1.165, 1.54) is 0 Å². The summed E-state index contributed by atoms with van der Waals surface area (Å²) in [7, 11) is 1.76. The third kappa shape index (κ3) is 3.04. The van der Waals surface area contributed by atoms with Gasteiger partial charge in [-0.1, -0.05) is 0 Å². The van der Waals surface area contributed by atoms with Gasteiger partial charge >= 0.3 is 12.4 Å². The number of anilines is 1. The van der Waals surface area contributed by atoms with Gasteiger partial charge in [-0.05, 0) is 37.3 Å². The minimum absolute atomic E-state index is 0.0631. The van der Waals surface area contributed by atoms with Crippen LogP contribution >= 0.6 is 0 Å². The molecule has 1 saturated heterocycles. The molecule has 10 heteroatoms. The highest BCUT2D eigenvalue weighted by atomic mass is 19.4. The molecule has 0 unspecified atom stereocenters. The summed E-state index contributed by atoms with van der Waals surface area (Å²) < 4.78 is 80.9. The first kappa shape index (κ1) is 18.1. The number of hydrogen-bond donors (Lipinski definition) is 0. The molecule has 146 valence electrons. The van der Waals surface area contributed by atoms with Crippen LogP contribution in [-0.2, 0) is 19.4 Å². The van der Waals surface area contributed by atoms with Crippen molar-refractivity contribution >= 4 is 5.82 Å². The van der Waals surface area contributed by atoms with Crippen molar-refractivity contribution < 1.29 is 26.3 Å². The van der Waals surface area contributed by atoms with E-state index in [1.54, 1.807) is 28.9 Å². The van der Waals surface area contributed by atoms with Gasteiger partial charge in [0.15, 0.2) is 0 Å². The molecule has 0 spiro atoms. The summed E-state index contributed by atoms with van der Waals surface area (Å²) in [5.41, 5.74) is -2.88. The molecule has 2 bridgehead atoms. The average molecular weight is 390 g/mol. The Kier molecular flexibility index (Phi) is 3.94. The van der Waals surface area contributed by atoms with Crippen molar-refractivity contribution in [1.82, 2.24) is 14.5 Å². The van der Waals surface area contributed by atoms with E-state index < -0.39 is 23.6 Å². The van der Waals surface area contributed by atoms with E-state index in [9.17, 15) is 26.3 Å². The third-order valence-corrected chi connectivity index (χ3v) is 5.40. The van der Waals surface area contributed by atoms with Crippen LogP contribution in [0.5, 0.6) is 0 Å². The van der Waals surface area contributed by atoms with Crippen LogP contribution in [0.15, 0.2) is 24.5 Å². The molecule has 0 aromatic carbocycles. The van der Waals surface area contributed by atoms with Gasteiger partial charge in [-0.25, -0.2) is 9.97 Å². The highest BCUT2D eigenvalue weighted by molar-refractivity contribution is 5.49. The van der Waals surface area contributed by atoms with Crippen LogP contribution in [0.4, 0.5) is 32.2 Å². The molecule has 1 aliphatic heterocycles. The number of alkyl halides is 6. The largest absolute Gasteiger partial charge is 0.433 e.